The number of hydrogen-bond acceptors (Lipinski definition) is 6. The fourth-order valence-electron chi connectivity index (χ4n) is 2.36. The topological polar surface area (TPSA) is 73.3 Å². The second-order valence-corrected chi connectivity index (χ2v) is 7.79. The average Bonchev–Trinajstić information content (AvgIpc) is 2.93. The molecule has 0 atom stereocenters. The quantitative estimate of drug-likeness (QED) is 0.368. The number of aromatic nitrogens is 1. The molecule has 136 valence electrons. The Balaban J connectivity index is 2.26. The highest BCUT2D eigenvalue weighted by Crippen LogP contribution is 2.42. The van der Waals surface area contributed by atoms with Crippen LogP contribution in [0.15, 0.2) is 42.6 Å². The number of nitrogens with zero attached hydrogens (tertiary/aromatic N) is 1. The maximum Gasteiger partial charge on any atom is 0.534 e. The molecule has 1 aromatic carbocycles. The van der Waals surface area contributed by atoms with E-state index in [-0.39, 0.29) is 16.2 Å². The zero-order valence-electron chi connectivity index (χ0n) is 13.1. The summed E-state index contributed by atoms with van der Waals surface area (Å²) in [6, 6.07) is 9.66. The molecule has 0 unspecified atom stereocenters. The number of halogens is 3. The predicted molar refractivity (Wildman–Crippen MR) is 90.7 cm³/mol. The first-order valence-corrected chi connectivity index (χ1v) is 9.33. The largest absolute Gasteiger partial charge is 0.534 e. The van der Waals surface area contributed by atoms with Crippen molar-refractivity contribution in [3.8, 4) is 17.0 Å². The lowest BCUT2D eigenvalue weighted by Gasteiger charge is -2.12. The van der Waals surface area contributed by atoms with E-state index in [4.69, 9.17) is 0 Å². The van der Waals surface area contributed by atoms with Gasteiger partial charge in [-0.3, -0.25) is 4.79 Å². The Hall–Kier alpha value is -2.46. The molecular weight excluding hydrogens is 391 g/mol. The lowest BCUT2D eigenvalue weighted by atomic mass is 10.0. The van der Waals surface area contributed by atoms with E-state index in [1.807, 2.05) is 0 Å². The Morgan fingerprint density at radius 3 is 2.50 bits per heavy atom. The summed E-state index contributed by atoms with van der Waals surface area (Å²) in [6.45, 7) is 1.32. The molecular formula is C16H10F3NO4S2. The highest BCUT2D eigenvalue weighted by atomic mass is 32.2. The SMILES string of the molecule is CC(=O)c1sc2ccccc2c1-c1cccnc1OS(=O)(=O)C(F)(F)F. The Morgan fingerprint density at radius 2 is 1.85 bits per heavy atom. The molecule has 0 saturated carbocycles. The van der Waals surface area contributed by atoms with E-state index in [2.05, 4.69) is 9.17 Å². The number of carbonyl (C=O) groups excluding carboxylic acids is 1. The number of ketones is 1. The van der Waals surface area contributed by atoms with Crippen LogP contribution in [-0.4, -0.2) is 24.7 Å². The molecule has 0 spiro atoms. The first-order chi connectivity index (χ1) is 12.1. The van der Waals surface area contributed by atoms with Crippen molar-refractivity contribution in [2.45, 2.75) is 12.4 Å². The van der Waals surface area contributed by atoms with Crippen LogP contribution < -0.4 is 4.18 Å². The summed E-state index contributed by atoms with van der Waals surface area (Å²) >= 11 is 1.15. The fourth-order valence-corrected chi connectivity index (χ4v) is 3.91. The molecule has 0 radical (unpaired) electrons. The van der Waals surface area contributed by atoms with Crippen molar-refractivity contribution in [3.63, 3.8) is 0 Å². The molecule has 0 aliphatic heterocycles. The van der Waals surface area contributed by atoms with Gasteiger partial charge >= 0.3 is 15.6 Å². The van der Waals surface area contributed by atoms with E-state index in [0.717, 1.165) is 22.2 Å². The molecule has 0 amide bonds. The van der Waals surface area contributed by atoms with Crippen LogP contribution in [0.25, 0.3) is 21.2 Å². The van der Waals surface area contributed by atoms with Crippen LogP contribution in [0.3, 0.4) is 0 Å². The molecule has 5 nitrogen and oxygen atoms in total. The number of hydrogen-bond donors (Lipinski definition) is 0. The number of rotatable bonds is 4. The summed E-state index contributed by atoms with van der Waals surface area (Å²) in [4.78, 5) is 15.9. The molecule has 10 heteroatoms. The number of carbonyl (C=O) groups is 1. The minimum atomic E-state index is -5.89. The zero-order chi connectivity index (χ0) is 19.1. The highest BCUT2D eigenvalue weighted by molar-refractivity contribution is 7.88. The molecule has 0 aliphatic rings. The minimum Gasteiger partial charge on any atom is -0.355 e. The van der Waals surface area contributed by atoms with Gasteiger partial charge in [0.15, 0.2) is 5.78 Å². The van der Waals surface area contributed by atoms with Gasteiger partial charge in [-0.2, -0.15) is 21.6 Å². The van der Waals surface area contributed by atoms with E-state index in [9.17, 15) is 26.4 Å². The van der Waals surface area contributed by atoms with Crippen molar-refractivity contribution < 1.29 is 30.6 Å². The van der Waals surface area contributed by atoms with Gasteiger partial charge in [0, 0.05) is 27.4 Å². The Bertz CT molecular complexity index is 1100. The van der Waals surface area contributed by atoms with Gasteiger partial charge in [0.2, 0.25) is 5.88 Å². The Morgan fingerprint density at radius 1 is 1.15 bits per heavy atom. The molecule has 0 bridgehead atoms. The van der Waals surface area contributed by atoms with E-state index >= 15 is 0 Å². The van der Waals surface area contributed by atoms with Crippen molar-refractivity contribution in [2.75, 3.05) is 0 Å². The second kappa shape index (κ2) is 6.36. The molecule has 26 heavy (non-hydrogen) atoms. The van der Waals surface area contributed by atoms with E-state index < -0.39 is 21.5 Å². The van der Waals surface area contributed by atoms with Gasteiger partial charge in [0.25, 0.3) is 0 Å². The first kappa shape index (κ1) is 18.3. The summed E-state index contributed by atoms with van der Waals surface area (Å²) in [5, 5.41) is 0.588. The van der Waals surface area contributed by atoms with Crippen molar-refractivity contribution in [3.05, 3.63) is 47.5 Å². The third-order valence-corrected chi connectivity index (χ3v) is 5.64. The fraction of sp³-hybridized carbons (Fsp3) is 0.125. The maximum atomic E-state index is 12.7. The molecule has 0 aliphatic carbocycles. The Kier molecular flexibility index (Phi) is 4.49. The number of alkyl halides is 3. The summed E-state index contributed by atoms with van der Waals surface area (Å²) in [5.41, 5.74) is -5.32. The monoisotopic (exact) mass is 401 g/mol. The van der Waals surface area contributed by atoms with E-state index in [1.165, 1.54) is 19.1 Å². The van der Waals surface area contributed by atoms with Gasteiger partial charge in [-0.25, -0.2) is 4.98 Å². The third-order valence-electron chi connectivity index (χ3n) is 3.43. The number of pyridine rings is 1. The van der Waals surface area contributed by atoms with Crippen LogP contribution in [0.2, 0.25) is 0 Å². The Labute approximate surface area is 150 Å². The van der Waals surface area contributed by atoms with Crippen LogP contribution in [-0.2, 0) is 10.1 Å². The van der Waals surface area contributed by atoms with Gasteiger partial charge in [-0.05, 0) is 25.1 Å². The summed E-state index contributed by atoms with van der Waals surface area (Å²) in [5.74, 6) is -1.05. The van der Waals surface area contributed by atoms with Crippen molar-refractivity contribution >= 4 is 37.3 Å². The number of benzene rings is 1. The van der Waals surface area contributed by atoms with Crippen molar-refractivity contribution in [1.82, 2.24) is 4.98 Å². The molecule has 0 saturated heterocycles. The first-order valence-electron chi connectivity index (χ1n) is 7.10. The molecule has 2 heterocycles. The number of thiophene rings is 1. The van der Waals surface area contributed by atoms with E-state index in [1.54, 1.807) is 24.3 Å². The van der Waals surface area contributed by atoms with Crippen LogP contribution in [0.1, 0.15) is 16.6 Å². The maximum absolute atomic E-state index is 12.7. The number of fused-ring (bicyclic) bond motifs is 1. The molecule has 0 N–H and O–H groups in total. The second-order valence-electron chi connectivity index (χ2n) is 5.20. The van der Waals surface area contributed by atoms with Crippen molar-refractivity contribution in [1.29, 1.82) is 0 Å². The van der Waals surface area contributed by atoms with Crippen LogP contribution in [0.4, 0.5) is 13.2 Å². The minimum absolute atomic E-state index is 0.0111. The summed E-state index contributed by atoms with van der Waals surface area (Å²) in [7, 11) is -5.89. The zero-order valence-corrected chi connectivity index (χ0v) is 14.7. The number of Topliss-reactive ketones (excluding diaryl/α,β-unsaturated/α-hetero) is 1. The van der Waals surface area contributed by atoms with Crippen LogP contribution in [0.5, 0.6) is 5.88 Å². The third kappa shape index (κ3) is 3.17. The smallest absolute Gasteiger partial charge is 0.355 e. The standard InChI is InChI=1S/C16H10F3NO4S2/c1-9(21)14-13(10-5-2-3-7-12(10)25-14)11-6-4-8-20-15(11)24-26(22,23)16(17,18)19/h2-8H,1H3. The van der Waals surface area contributed by atoms with Gasteiger partial charge in [0.05, 0.1) is 4.88 Å². The lowest BCUT2D eigenvalue weighted by molar-refractivity contribution is -0.0501. The molecule has 3 rings (SSSR count). The van der Waals surface area contributed by atoms with E-state index in [0.29, 0.717) is 10.9 Å². The summed E-state index contributed by atoms with van der Waals surface area (Å²) < 4.78 is 65.7. The summed E-state index contributed by atoms with van der Waals surface area (Å²) in [6.07, 6.45) is 1.10. The lowest BCUT2D eigenvalue weighted by Crippen LogP contribution is -2.28. The molecule has 3 aromatic rings. The van der Waals surface area contributed by atoms with Crippen LogP contribution >= 0.6 is 11.3 Å². The van der Waals surface area contributed by atoms with Gasteiger partial charge in [-0.1, -0.05) is 18.2 Å². The van der Waals surface area contributed by atoms with Gasteiger partial charge in [0.1, 0.15) is 0 Å². The van der Waals surface area contributed by atoms with Gasteiger partial charge < -0.3 is 4.18 Å². The average molecular weight is 401 g/mol. The van der Waals surface area contributed by atoms with Gasteiger partial charge in [-0.15, -0.1) is 11.3 Å². The normalized spacial score (nSPS) is 12.3. The molecule has 2 aromatic heterocycles. The molecule has 0 fully saturated rings. The highest BCUT2D eigenvalue weighted by Gasteiger charge is 2.49. The van der Waals surface area contributed by atoms with Crippen molar-refractivity contribution in [2.24, 2.45) is 0 Å². The van der Waals surface area contributed by atoms with Crippen LogP contribution in [0, 0.1) is 0 Å². The predicted octanol–water partition coefficient (Wildman–Crippen LogP) is 4.39.